The summed E-state index contributed by atoms with van der Waals surface area (Å²) < 4.78 is 11.2. The number of furan rings is 1. The molecule has 2 aromatic rings. The molecule has 0 bridgehead atoms. The van der Waals surface area contributed by atoms with Gasteiger partial charge in [0.1, 0.15) is 11.9 Å². The summed E-state index contributed by atoms with van der Waals surface area (Å²) in [5.41, 5.74) is 1.41. The molecule has 0 radical (unpaired) electrons. The predicted molar refractivity (Wildman–Crippen MR) is 65.8 cm³/mol. The summed E-state index contributed by atoms with van der Waals surface area (Å²) in [5.74, 6) is 1.53. The minimum atomic E-state index is 0.115. The van der Waals surface area contributed by atoms with Gasteiger partial charge in [0.05, 0.1) is 6.26 Å². The predicted octanol–water partition coefficient (Wildman–Crippen LogP) is 3.91. The number of ether oxygens (including phenoxy) is 1. The molecule has 0 aliphatic carbocycles. The molecule has 3 rings (SSSR count). The van der Waals surface area contributed by atoms with Crippen molar-refractivity contribution in [1.82, 2.24) is 0 Å². The van der Waals surface area contributed by atoms with Crippen LogP contribution >= 0.6 is 0 Å². The van der Waals surface area contributed by atoms with Crippen LogP contribution in [0.4, 0.5) is 0 Å². The van der Waals surface area contributed by atoms with Crippen molar-refractivity contribution >= 4 is 0 Å². The second-order valence-corrected chi connectivity index (χ2v) is 4.51. The summed E-state index contributed by atoms with van der Waals surface area (Å²) in [6.07, 6.45) is 3.94. The maximum Gasteiger partial charge on any atom is 0.132 e. The standard InChI is InChI=1S/C15H16O2/c1-2-5-12(6-3-1)13-8-10-17-15(11-13)14-7-4-9-16-14/h1-7,9,13,15H,8,10-11H2/t13-,15+/m0/s1. The lowest BCUT2D eigenvalue weighted by molar-refractivity contribution is -0.00725. The van der Waals surface area contributed by atoms with Gasteiger partial charge >= 0.3 is 0 Å². The molecule has 2 nitrogen and oxygen atoms in total. The van der Waals surface area contributed by atoms with Gasteiger partial charge in [0.15, 0.2) is 0 Å². The Kier molecular flexibility index (Phi) is 2.97. The SMILES string of the molecule is c1ccc([C@H]2CCO[C@@H](c3ccco3)C2)cc1. The Bertz CT molecular complexity index is 447. The van der Waals surface area contributed by atoms with Gasteiger partial charge in [-0.25, -0.2) is 0 Å². The van der Waals surface area contributed by atoms with Crippen LogP contribution in [0.3, 0.4) is 0 Å². The summed E-state index contributed by atoms with van der Waals surface area (Å²) in [6.45, 7) is 0.810. The minimum Gasteiger partial charge on any atom is -0.467 e. The first kappa shape index (κ1) is 10.6. The first-order valence-electron chi connectivity index (χ1n) is 6.13. The van der Waals surface area contributed by atoms with Crippen molar-refractivity contribution < 1.29 is 9.15 Å². The maximum atomic E-state index is 5.78. The van der Waals surface area contributed by atoms with Crippen LogP contribution in [0.15, 0.2) is 53.1 Å². The maximum absolute atomic E-state index is 5.78. The first-order valence-corrected chi connectivity index (χ1v) is 6.13. The molecule has 1 saturated heterocycles. The molecular formula is C15H16O2. The van der Waals surface area contributed by atoms with Gasteiger partial charge in [-0.15, -0.1) is 0 Å². The van der Waals surface area contributed by atoms with Crippen molar-refractivity contribution in [1.29, 1.82) is 0 Å². The molecular weight excluding hydrogens is 212 g/mol. The molecule has 2 heteroatoms. The van der Waals surface area contributed by atoms with E-state index in [1.807, 2.05) is 12.1 Å². The van der Waals surface area contributed by atoms with Crippen LogP contribution in [-0.2, 0) is 4.74 Å². The largest absolute Gasteiger partial charge is 0.467 e. The van der Waals surface area contributed by atoms with Crippen molar-refractivity contribution in [3.8, 4) is 0 Å². The summed E-state index contributed by atoms with van der Waals surface area (Å²) in [4.78, 5) is 0. The molecule has 1 fully saturated rings. The fourth-order valence-corrected chi connectivity index (χ4v) is 2.50. The van der Waals surface area contributed by atoms with Crippen LogP contribution in [-0.4, -0.2) is 6.61 Å². The molecule has 2 atom stereocenters. The van der Waals surface area contributed by atoms with E-state index < -0.39 is 0 Å². The molecule has 0 unspecified atom stereocenters. The van der Waals surface area contributed by atoms with Crippen molar-refractivity contribution in [3.63, 3.8) is 0 Å². The fraction of sp³-hybridized carbons (Fsp3) is 0.333. The Balaban J connectivity index is 1.76. The smallest absolute Gasteiger partial charge is 0.132 e. The zero-order valence-electron chi connectivity index (χ0n) is 9.71. The van der Waals surface area contributed by atoms with E-state index in [2.05, 4.69) is 30.3 Å². The Morgan fingerprint density at radius 3 is 2.65 bits per heavy atom. The highest BCUT2D eigenvalue weighted by atomic mass is 16.5. The summed E-state index contributed by atoms with van der Waals surface area (Å²) in [5, 5.41) is 0. The second kappa shape index (κ2) is 4.76. The molecule has 1 aliphatic heterocycles. The normalized spacial score (nSPS) is 24.7. The van der Waals surface area contributed by atoms with Gasteiger partial charge in [-0.1, -0.05) is 30.3 Å². The molecule has 0 amide bonds. The van der Waals surface area contributed by atoms with Crippen LogP contribution in [0.2, 0.25) is 0 Å². The summed E-state index contributed by atoms with van der Waals surface area (Å²) in [7, 11) is 0. The Morgan fingerprint density at radius 1 is 1.00 bits per heavy atom. The van der Waals surface area contributed by atoms with Crippen LogP contribution in [0.5, 0.6) is 0 Å². The monoisotopic (exact) mass is 228 g/mol. The van der Waals surface area contributed by atoms with E-state index in [1.54, 1.807) is 6.26 Å². The quantitative estimate of drug-likeness (QED) is 0.777. The fourth-order valence-electron chi connectivity index (χ4n) is 2.50. The van der Waals surface area contributed by atoms with E-state index in [0.29, 0.717) is 5.92 Å². The van der Waals surface area contributed by atoms with Gasteiger partial charge in [0.25, 0.3) is 0 Å². The third-order valence-electron chi connectivity index (χ3n) is 3.42. The number of hydrogen-bond acceptors (Lipinski definition) is 2. The third-order valence-corrected chi connectivity index (χ3v) is 3.42. The second-order valence-electron chi connectivity index (χ2n) is 4.51. The summed E-state index contributed by atoms with van der Waals surface area (Å²) in [6, 6.07) is 14.6. The van der Waals surface area contributed by atoms with Gasteiger partial charge in [-0.3, -0.25) is 0 Å². The molecule has 1 aromatic heterocycles. The Hall–Kier alpha value is -1.54. The number of hydrogen-bond donors (Lipinski definition) is 0. The van der Waals surface area contributed by atoms with Crippen molar-refractivity contribution in [2.24, 2.45) is 0 Å². The van der Waals surface area contributed by atoms with E-state index in [1.165, 1.54) is 5.56 Å². The highest BCUT2D eigenvalue weighted by molar-refractivity contribution is 5.20. The van der Waals surface area contributed by atoms with Crippen LogP contribution in [0, 0.1) is 0 Å². The topological polar surface area (TPSA) is 22.4 Å². The zero-order valence-corrected chi connectivity index (χ0v) is 9.71. The average Bonchev–Trinajstić information content (AvgIpc) is 2.94. The van der Waals surface area contributed by atoms with Crippen LogP contribution < -0.4 is 0 Å². The molecule has 0 N–H and O–H groups in total. The molecule has 17 heavy (non-hydrogen) atoms. The molecule has 1 aromatic carbocycles. The highest BCUT2D eigenvalue weighted by Crippen LogP contribution is 2.37. The minimum absolute atomic E-state index is 0.115. The highest BCUT2D eigenvalue weighted by Gasteiger charge is 2.26. The van der Waals surface area contributed by atoms with Crippen molar-refractivity contribution in [2.45, 2.75) is 24.9 Å². The molecule has 88 valence electrons. The van der Waals surface area contributed by atoms with Crippen LogP contribution in [0.25, 0.3) is 0 Å². The van der Waals surface area contributed by atoms with Gasteiger partial charge < -0.3 is 9.15 Å². The molecule has 1 aliphatic rings. The number of rotatable bonds is 2. The lowest BCUT2D eigenvalue weighted by Gasteiger charge is -2.28. The van der Waals surface area contributed by atoms with Crippen molar-refractivity contribution in [2.75, 3.05) is 6.61 Å². The van der Waals surface area contributed by atoms with E-state index in [-0.39, 0.29) is 6.10 Å². The molecule has 0 saturated carbocycles. The third kappa shape index (κ3) is 2.27. The van der Waals surface area contributed by atoms with Crippen molar-refractivity contribution in [3.05, 3.63) is 60.1 Å². The van der Waals surface area contributed by atoms with Gasteiger partial charge in [0, 0.05) is 6.61 Å². The lowest BCUT2D eigenvalue weighted by Crippen LogP contribution is -2.18. The van der Waals surface area contributed by atoms with Gasteiger partial charge in [-0.2, -0.15) is 0 Å². The molecule has 0 spiro atoms. The number of benzene rings is 1. The Labute approximate surface area is 101 Å². The average molecular weight is 228 g/mol. The lowest BCUT2D eigenvalue weighted by atomic mass is 9.88. The molecule has 2 heterocycles. The zero-order chi connectivity index (χ0) is 11.5. The Morgan fingerprint density at radius 2 is 1.88 bits per heavy atom. The van der Waals surface area contributed by atoms with E-state index >= 15 is 0 Å². The van der Waals surface area contributed by atoms with Gasteiger partial charge in [0.2, 0.25) is 0 Å². The van der Waals surface area contributed by atoms with Gasteiger partial charge in [-0.05, 0) is 36.5 Å². The van der Waals surface area contributed by atoms with E-state index in [9.17, 15) is 0 Å². The van der Waals surface area contributed by atoms with E-state index in [4.69, 9.17) is 9.15 Å². The summed E-state index contributed by atoms with van der Waals surface area (Å²) >= 11 is 0. The van der Waals surface area contributed by atoms with E-state index in [0.717, 1.165) is 25.2 Å². The first-order chi connectivity index (χ1) is 8.43. The van der Waals surface area contributed by atoms with Crippen LogP contribution in [0.1, 0.15) is 36.2 Å².